The maximum Gasteiger partial charge on any atom is 0.286 e. The number of hydrogen-bond acceptors (Lipinski definition) is 5. The molecule has 0 unspecified atom stereocenters. The molecule has 0 heterocycles. The average Bonchev–Trinajstić information content (AvgIpc) is 2.66. The van der Waals surface area contributed by atoms with E-state index in [1.807, 2.05) is 26.0 Å². The molecule has 0 aliphatic carbocycles. The summed E-state index contributed by atoms with van der Waals surface area (Å²) in [5.74, 6) is -1.35. The van der Waals surface area contributed by atoms with Crippen molar-refractivity contribution in [3.8, 4) is 5.75 Å². The van der Waals surface area contributed by atoms with E-state index in [2.05, 4.69) is 10.5 Å². The second-order valence-electron chi connectivity index (χ2n) is 7.53. The second-order valence-corrected chi connectivity index (χ2v) is 9.51. The number of nitrogens with zero attached hydrogens (tertiary/aromatic N) is 1. The van der Waals surface area contributed by atoms with Crippen LogP contribution in [0.2, 0.25) is 5.02 Å². The molecule has 2 aromatic carbocycles. The molecule has 0 fully saturated rings. The first-order valence-electron chi connectivity index (χ1n) is 9.67. The molecule has 2 rings (SSSR count). The van der Waals surface area contributed by atoms with Gasteiger partial charge in [0.15, 0.2) is 0 Å². The lowest BCUT2D eigenvalue weighted by molar-refractivity contribution is 0.228. The van der Waals surface area contributed by atoms with E-state index in [1.165, 1.54) is 6.92 Å². The Labute approximate surface area is 187 Å². The van der Waals surface area contributed by atoms with Crippen LogP contribution in [0.25, 0.3) is 0 Å². The zero-order chi connectivity index (χ0) is 23.3. The minimum Gasteiger partial charge on any atom is -0.492 e. The molecule has 10 heteroatoms. The summed E-state index contributed by atoms with van der Waals surface area (Å²) in [5.41, 5.74) is 20.5. The first kappa shape index (κ1) is 25.1. The van der Waals surface area contributed by atoms with Gasteiger partial charge in [-0.05, 0) is 44.4 Å². The second kappa shape index (κ2) is 10.4. The fourth-order valence-electron chi connectivity index (χ4n) is 3.08. The molecule has 0 bridgehead atoms. The van der Waals surface area contributed by atoms with Crippen LogP contribution in [0, 0.1) is 18.7 Å². The third kappa shape index (κ3) is 6.64. The van der Waals surface area contributed by atoms with E-state index >= 15 is 0 Å². The topological polar surface area (TPSA) is 134 Å². The van der Waals surface area contributed by atoms with Gasteiger partial charge in [-0.1, -0.05) is 35.4 Å². The quantitative estimate of drug-likeness (QED) is 0.381. The Morgan fingerprint density at radius 1 is 1.26 bits per heavy atom. The Hall–Kier alpha value is -2.20. The number of halogens is 2. The van der Waals surface area contributed by atoms with Gasteiger partial charge in [0.1, 0.15) is 22.3 Å². The third-order valence-electron chi connectivity index (χ3n) is 4.79. The fourth-order valence-corrected chi connectivity index (χ4v) is 4.41. The van der Waals surface area contributed by atoms with E-state index in [0.717, 1.165) is 28.8 Å². The van der Waals surface area contributed by atoms with Crippen molar-refractivity contribution < 1.29 is 17.5 Å². The Morgan fingerprint density at radius 3 is 2.52 bits per heavy atom. The molecule has 170 valence electrons. The van der Waals surface area contributed by atoms with Gasteiger partial charge in [0.2, 0.25) is 0 Å². The number of hydrogen-bond donors (Lipinski definition) is 3. The first-order valence-corrected chi connectivity index (χ1v) is 11.5. The number of rotatable bonds is 9. The highest BCUT2D eigenvalue weighted by Crippen LogP contribution is 2.31. The lowest BCUT2D eigenvalue weighted by Gasteiger charge is -2.23. The predicted octanol–water partition coefficient (Wildman–Crippen LogP) is 2.90. The monoisotopic (exact) mass is 470 g/mol. The molecule has 0 saturated carbocycles. The van der Waals surface area contributed by atoms with Crippen molar-refractivity contribution in [2.75, 3.05) is 6.61 Å². The SMILES string of the molecule is C/C(N)=N/S(=O)(=O)c1cc(Cl)c(OC[C@H](Cc2cc(C)ccc2CN)[C@@H](C)N)cc1F. The van der Waals surface area contributed by atoms with Gasteiger partial charge in [0, 0.05) is 24.6 Å². The number of aryl methyl sites for hydroxylation is 1. The van der Waals surface area contributed by atoms with Gasteiger partial charge in [-0.3, -0.25) is 0 Å². The number of benzene rings is 2. The van der Waals surface area contributed by atoms with E-state index in [-0.39, 0.29) is 35.2 Å². The van der Waals surface area contributed by atoms with Crippen molar-refractivity contribution >= 4 is 27.5 Å². The van der Waals surface area contributed by atoms with Crippen LogP contribution in [-0.4, -0.2) is 26.9 Å². The molecule has 0 aromatic heterocycles. The standard InChI is InChI=1S/C21H28ClFN4O3S/c1-12-4-5-15(10-24)16(6-12)7-17(13(2)25)11-30-20-9-19(23)21(8-18(20)22)31(28,29)27-14(3)26/h4-6,8-9,13,17H,7,10-11,24-25H2,1-3H3,(H2,26,27)/t13-,17+/m1/s1. The smallest absolute Gasteiger partial charge is 0.286 e. The van der Waals surface area contributed by atoms with Crippen LogP contribution in [0.3, 0.4) is 0 Å². The summed E-state index contributed by atoms with van der Waals surface area (Å²) < 4.78 is 47.8. The highest BCUT2D eigenvalue weighted by atomic mass is 35.5. The zero-order valence-electron chi connectivity index (χ0n) is 17.7. The average molecular weight is 471 g/mol. The molecule has 0 aliphatic heterocycles. The molecular weight excluding hydrogens is 443 g/mol. The molecule has 31 heavy (non-hydrogen) atoms. The van der Waals surface area contributed by atoms with Crippen molar-refractivity contribution in [3.05, 3.63) is 57.9 Å². The van der Waals surface area contributed by atoms with Crippen LogP contribution in [-0.2, 0) is 23.0 Å². The normalized spacial score (nSPS) is 14.4. The van der Waals surface area contributed by atoms with Gasteiger partial charge >= 0.3 is 0 Å². The molecule has 6 N–H and O–H groups in total. The molecule has 2 atom stereocenters. The minimum atomic E-state index is -4.31. The molecule has 0 radical (unpaired) electrons. The van der Waals surface area contributed by atoms with E-state index < -0.39 is 20.7 Å². The van der Waals surface area contributed by atoms with Gasteiger partial charge in [-0.25, -0.2) is 4.39 Å². The summed E-state index contributed by atoms with van der Waals surface area (Å²) in [6, 6.07) is 7.70. The number of nitrogens with two attached hydrogens (primary N) is 3. The first-order chi connectivity index (χ1) is 14.4. The van der Waals surface area contributed by atoms with Crippen LogP contribution >= 0.6 is 11.6 Å². The van der Waals surface area contributed by atoms with E-state index in [0.29, 0.717) is 13.0 Å². The summed E-state index contributed by atoms with van der Waals surface area (Å²) in [6.45, 7) is 5.69. The predicted molar refractivity (Wildman–Crippen MR) is 121 cm³/mol. The van der Waals surface area contributed by atoms with Crippen molar-refractivity contribution in [2.45, 2.75) is 44.7 Å². The van der Waals surface area contributed by atoms with Gasteiger partial charge in [0.05, 0.1) is 11.6 Å². The summed E-state index contributed by atoms with van der Waals surface area (Å²) in [5, 5.41) is -0.0634. The maximum absolute atomic E-state index is 14.5. The van der Waals surface area contributed by atoms with Crippen LogP contribution in [0.15, 0.2) is 39.6 Å². The molecule has 2 aromatic rings. The van der Waals surface area contributed by atoms with Crippen molar-refractivity contribution in [1.29, 1.82) is 0 Å². The van der Waals surface area contributed by atoms with Gasteiger partial charge in [-0.2, -0.15) is 8.42 Å². The van der Waals surface area contributed by atoms with Crippen LogP contribution in [0.4, 0.5) is 4.39 Å². The molecule has 0 saturated heterocycles. The van der Waals surface area contributed by atoms with E-state index in [1.54, 1.807) is 0 Å². The minimum absolute atomic E-state index is 0.0144. The maximum atomic E-state index is 14.5. The zero-order valence-corrected chi connectivity index (χ0v) is 19.3. The Balaban J connectivity index is 2.25. The molecular formula is C21H28ClFN4O3S. The highest BCUT2D eigenvalue weighted by Gasteiger charge is 2.23. The Bertz CT molecular complexity index is 1070. The van der Waals surface area contributed by atoms with Crippen LogP contribution < -0.4 is 21.9 Å². The van der Waals surface area contributed by atoms with Gasteiger partial charge < -0.3 is 21.9 Å². The van der Waals surface area contributed by atoms with Crippen molar-refractivity contribution in [1.82, 2.24) is 0 Å². The summed E-state index contributed by atoms with van der Waals surface area (Å²) in [7, 11) is -4.31. The Kier molecular flexibility index (Phi) is 8.41. The lowest BCUT2D eigenvalue weighted by Crippen LogP contribution is -2.33. The van der Waals surface area contributed by atoms with Crippen LogP contribution in [0.1, 0.15) is 30.5 Å². The highest BCUT2D eigenvalue weighted by molar-refractivity contribution is 7.90. The largest absolute Gasteiger partial charge is 0.492 e. The van der Waals surface area contributed by atoms with Gasteiger partial charge in [-0.15, -0.1) is 4.40 Å². The lowest BCUT2D eigenvalue weighted by atomic mass is 9.90. The van der Waals surface area contributed by atoms with Crippen LogP contribution in [0.5, 0.6) is 5.75 Å². The number of ether oxygens (including phenoxy) is 1. The fraction of sp³-hybridized carbons (Fsp3) is 0.381. The third-order valence-corrected chi connectivity index (χ3v) is 6.48. The molecule has 0 amide bonds. The summed E-state index contributed by atoms with van der Waals surface area (Å²) in [6.07, 6.45) is 0.614. The molecule has 0 aliphatic rings. The number of amidine groups is 1. The molecule has 0 spiro atoms. The van der Waals surface area contributed by atoms with Crippen molar-refractivity contribution in [2.24, 2.45) is 27.5 Å². The summed E-state index contributed by atoms with van der Waals surface area (Å²) in [4.78, 5) is -0.675. The van der Waals surface area contributed by atoms with Crippen molar-refractivity contribution in [3.63, 3.8) is 0 Å². The van der Waals surface area contributed by atoms with E-state index in [4.69, 9.17) is 33.5 Å². The van der Waals surface area contributed by atoms with Gasteiger partial charge in [0.25, 0.3) is 10.0 Å². The number of sulfonamides is 1. The molecule has 7 nitrogen and oxygen atoms in total. The van der Waals surface area contributed by atoms with E-state index in [9.17, 15) is 12.8 Å². The Morgan fingerprint density at radius 2 is 1.94 bits per heavy atom. The summed E-state index contributed by atoms with van der Waals surface area (Å²) >= 11 is 6.15.